The second kappa shape index (κ2) is 5.43. The van der Waals surface area contributed by atoms with E-state index in [-0.39, 0.29) is 12.5 Å². The van der Waals surface area contributed by atoms with Gasteiger partial charge in [0.25, 0.3) is 5.91 Å². The molecule has 20 heavy (non-hydrogen) atoms. The number of anilines is 1. The highest BCUT2D eigenvalue weighted by Gasteiger charge is 2.27. The van der Waals surface area contributed by atoms with Crippen LogP contribution in [0.15, 0.2) is 42.7 Å². The van der Waals surface area contributed by atoms with Crippen LogP contribution in [-0.4, -0.2) is 28.6 Å². The zero-order chi connectivity index (χ0) is 13.8. The predicted octanol–water partition coefficient (Wildman–Crippen LogP) is 0.760. The number of para-hydroxylation sites is 2. The lowest BCUT2D eigenvalue weighted by Crippen LogP contribution is -2.46. The van der Waals surface area contributed by atoms with E-state index in [0.717, 1.165) is 0 Å². The van der Waals surface area contributed by atoms with Crippen LogP contribution in [0.4, 0.5) is 5.95 Å². The lowest BCUT2D eigenvalue weighted by atomic mass is 10.2. The van der Waals surface area contributed by atoms with Gasteiger partial charge in [0.15, 0.2) is 11.5 Å². The molecule has 0 radical (unpaired) electrons. The third kappa shape index (κ3) is 2.61. The molecule has 0 aliphatic carbocycles. The third-order valence-electron chi connectivity index (χ3n) is 2.66. The summed E-state index contributed by atoms with van der Waals surface area (Å²) in [6.07, 6.45) is 2.41. The number of carbonyl (C=O) groups is 1. The van der Waals surface area contributed by atoms with E-state index in [2.05, 4.69) is 20.8 Å². The van der Waals surface area contributed by atoms with Crippen molar-refractivity contribution in [3.63, 3.8) is 0 Å². The van der Waals surface area contributed by atoms with Crippen molar-refractivity contribution in [2.75, 3.05) is 12.0 Å². The minimum absolute atomic E-state index is 0.153. The van der Waals surface area contributed by atoms with Crippen LogP contribution >= 0.6 is 0 Å². The number of ether oxygens (including phenoxy) is 2. The van der Waals surface area contributed by atoms with E-state index >= 15 is 0 Å². The van der Waals surface area contributed by atoms with Crippen LogP contribution in [0.5, 0.6) is 11.5 Å². The summed E-state index contributed by atoms with van der Waals surface area (Å²) in [5.74, 6) is 1.13. The Hall–Kier alpha value is -2.83. The highest BCUT2D eigenvalue weighted by molar-refractivity contribution is 5.82. The number of nitrogens with zero attached hydrogens (tertiary/aromatic N) is 2. The Morgan fingerprint density at radius 1 is 1.15 bits per heavy atom. The van der Waals surface area contributed by atoms with E-state index < -0.39 is 6.10 Å². The first-order valence-corrected chi connectivity index (χ1v) is 6.04. The molecule has 1 aliphatic rings. The van der Waals surface area contributed by atoms with Crippen LogP contribution in [0.1, 0.15) is 0 Å². The van der Waals surface area contributed by atoms with E-state index in [1.165, 1.54) is 0 Å². The maximum absolute atomic E-state index is 11.9. The number of carbonyl (C=O) groups excluding carboxylic acids is 1. The van der Waals surface area contributed by atoms with Gasteiger partial charge in [-0.1, -0.05) is 12.1 Å². The summed E-state index contributed by atoms with van der Waals surface area (Å²) in [5, 5.41) is 0. The van der Waals surface area contributed by atoms with E-state index in [1.807, 2.05) is 12.1 Å². The second-order valence-electron chi connectivity index (χ2n) is 4.05. The van der Waals surface area contributed by atoms with Crippen molar-refractivity contribution in [3.8, 4) is 11.5 Å². The topological polar surface area (TPSA) is 85.4 Å². The highest BCUT2D eigenvalue weighted by atomic mass is 16.6. The fraction of sp³-hybridized carbons (Fsp3) is 0.154. The Labute approximate surface area is 114 Å². The number of hydrazine groups is 1. The molecule has 2 heterocycles. The quantitative estimate of drug-likeness (QED) is 0.802. The molecule has 1 amide bonds. The van der Waals surface area contributed by atoms with Gasteiger partial charge in [-0.25, -0.2) is 9.97 Å². The molecule has 2 N–H and O–H groups in total. The predicted molar refractivity (Wildman–Crippen MR) is 70.2 cm³/mol. The Kier molecular flexibility index (Phi) is 3.32. The number of rotatable bonds is 3. The minimum atomic E-state index is -0.721. The molecule has 7 heteroatoms. The van der Waals surface area contributed by atoms with Gasteiger partial charge in [0.05, 0.1) is 0 Å². The maximum atomic E-state index is 11.9. The monoisotopic (exact) mass is 272 g/mol. The molecule has 0 bridgehead atoms. The van der Waals surface area contributed by atoms with E-state index in [4.69, 9.17) is 9.47 Å². The number of fused-ring (bicyclic) bond motifs is 1. The number of hydrogen-bond donors (Lipinski definition) is 2. The van der Waals surface area contributed by atoms with Crippen molar-refractivity contribution in [3.05, 3.63) is 42.7 Å². The molecule has 0 saturated carbocycles. The van der Waals surface area contributed by atoms with E-state index in [1.54, 1.807) is 30.6 Å². The van der Waals surface area contributed by atoms with Gasteiger partial charge in [-0.2, -0.15) is 0 Å². The largest absolute Gasteiger partial charge is 0.485 e. The van der Waals surface area contributed by atoms with Crippen molar-refractivity contribution >= 4 is 11.9 Å². The molecule has 0 fully saturated rings. The number of hydrogen-bond acceptors (Lipinski definition) is 6. The fourth-order valence-corrected chi connectivity index (χ4v) is 1.71. The average Bonchev–Trinajstić information content (AvgIpc) is 2.53. The summed E-state index contributed by atoms with van der Waals surface area (Å²) in [6, 6.07) is 8.89. The van der Waals surface area contributed by atoms with Gasteiger partial charge in [-0.05, 0) is 18.2 Å². The average molecular weight is 272 g/mol. The number of amides is 1. The molecule has 7 nitrogen and oxygen atoms in total. The lowest BCUT2D eigenvalue weighted by molar-refractivity contribution is -0.129. The number of benzene rings is 1. The van der Waals surface area contributed by atoms with Crippen LogP contribution < -0.4 is 20.3 Å². The maximum Gasteiger partial charge on any atom is 0.283 e. The Bertz CT molecular complexity index is 606. The van der Waals surface area contributed by atoms with Crippen molar-refractivity contribution in [2.45, 2.75) is 6.10 Å². The molecule has 1 aliphatic heterocycles. The molecule has 1 atom stereocenters. The first kappa shape index (κ1) is 12.2. The summed E-state index contributed by atoms with van der Waals surface area (Å²) in [6.45, 7) is 0.153. The van der Waals surface area contributed by atoms with Gasteiger partial charge in [-0.15, -0.1) is 0 Å². The van der Waals surface area contributed by atoms with Crippen LogP contribution in [0.25, 0.3) is 0 Å². The van der Waals surface area contributed by atoms with Crippen molar-refractivity contribution < 1.29 is 14.3 Å². The first-order chi connectivity index (χ1) is 9.83. The molecule has 2 aromatic rings. The minimum Gasteiger partial charge on any atom is -0.485 e. The second-order valence-corrected chi connectivity index (χ2v) is 4.05. The lowest BCUT2D eigenvalue weighted by Gasteiger charge is -2.25. The molecule has 0 spiro atoms. The van der Waals surface area contributed by atoms with Gasteiger partial charge in [0.2, 0.25) is 12.1 Å². The number of aromatic nitrogens is 2. The summed E-state index contributed by atoms with van der Waals surface area (Å²) in [4.78, 5) is 19.8. The molecule has 1 aromatic heterocycles. The summed E-state index contributed by atoms with van der Waals surface area (Å²) >= 11 is 0. The Morgan fingerprint density at radius 2 is 1.90 bits per heavy atom. The standard InChI is InChI=1S/C13H12N4O3/c18-12(16-17-13-14-6-3-7-15-13)11-8-19-9-4-1-2-5-10(9)20-11/h1-7,11H,8H2,(H,16,18)(H,14,15,17). The molecule has 0 saturated heterocycles. The molecule has 1 unspecified atom stereocenters. The molecular formula is C13H12N4O3. The van der Waals surface area contributed by atoms with Crippen molar-refractivity contribution in [2.24, 2.45) is 0 Å². The fourth-order valence-electron chi connectivity index (χ4n) is 1.71. The first-order valence-electron chi connectivity index (χ1n) is 6.04. The van der Waals surface area contributed by atoms with Gasteiger partial charge < -0.3 is 9.47 Å². The van der Waals surface area contributed by atoms with Crippen LogP contribution in [0.2, 0.25) is 0 Å². The van der Waals surface area contributed by atoms with Gasteiger partial charge >= 0.3 is 0 Å². The van der Waals surface area contributed by atoms with Crippen molar-refractivity contribution in [1.29, 1.82) is 0 Å². The third-order valence-corrected chi connectivity index (χ3v) is 2.66. The van der Waals surface area contributed by atoms with E-state index in [9.17, 15) is 4.79 Å². The van der Waals surface area contributed by atoms with E-state index in [0.29, 0.717) is 17.4 Å². The Morgan fingerprint density at radius 3 is 2.70 bits per heavy atom. The normalized spacial score (nSPS) is 16.3. The zero-order valence-corrected chi connectivity index (χ0v) is 10.4. The molecule has 102 valence electrons. The Balaban J connectivity index is 1.59. The summed E-state index contributed by atoms with van der Waals surface area (Å²) in [5.41, 5.74) is 5.09. The van der Waals surface area contributed by atoms with Gasteiger partial charge in [-0.3, -0.25) is 15.6 Å². The highest BCUT2D eigenvalue weighted by Crippen LogP contribution is 2.30. The molecule has 1 aromatic carbocycles. The SMILES string of the molecule is O=C(NNc1ncccn1)C1COc2ccccc2O1. The number of nitrogens with one attached hydrogen (secondary N) is 2. The van der Waals surface area contributed by atoms with Crippen LogP contribution in [0.3, 0.4) is 0 Å². The van der Waals surface area contributed by atoms with Gasteiger partial charge in [0.1, 0.15) is 6.61 Å². The zero-order valence-electron chi connectivity index (χ0n) is 10.4. The van der Waals surface area contributed by atoms with Crippen molar-refractivity contribution in [1.82, 2.24) is 15.4 Å². The van der Waals surface area contributed by atoms with Crippen LogP contribution in [0, 0.1) is 0 Å². The summed E-state index contributed by atoms with van der Waals surface area (Å²) in [7, 11) is 0. The summed E-state index contributed by atoms with van der Waals surface area (Å²) < 4.78 is 11.0. The smallest absolute Gasteiger partial charge is 0.283 e. The van der Waals surface area contributed by atoms with Crippen LogP contribution in [-0.2, 0) is 4.79 Å². The molecule has 3 rings (SSSR count). The molecular weight excluding hydrogens is 260 g/mol. The van der Waals surface area contributed by atoms with Gasteiger partial charge in [0, 0.05) is 12.4 Å².